The van der Waals surface area contributed by atoms with Crippen molar-refractivity contribution in [2.45, 2.75) is 32.6 Å². The van der Waals surface area contributed by atoms with Crippen molar-refractivity contribution in [3.8, 4) is 28.0 Å². The number of hydrazone groups is 2. The standard InChI is InChI=1S/C17H16FN3O.C16H13FN2O2/c1-10-2-3-11(9-15(10)19)13-5-4-12(8-14(13)18)16-6-7-17(22)21-20-16;17-14-9-11(15-6-7-16(21)19-18-15)4-5-13(14)10-2-1-3-12(20)8-10/h2-5,8-9H,6-7,19H2,1H3,(H,21,22);1-5,8-9,20H,6-7H2,(H,19,21). The van der Waals surface area contributed by atoms with Crippen LogP contribution in [0, 0.1) is 18.6 Å². The van der Waals surface area contributed by atoms with E-state index in [0.717, 1.165) is 11.1 Å². The van der Waals surface area contributed by atoms with Crippen LogP contribution < -0.4 is 16.6 Å². The number of hydrogen-bond acceptors (Lipinski definition) is 6. The lowest BCUT2D eigenvalue weighted by atomic mass is 9.98. The molecule has 43 heavy (non-hydrogen) atoms. The fraction of sp³-hybridized carbons (Fsp3) is 0.152. The highest BCUT2D eigenvalue weighted by molar-refractivity contribution is 6.05. The van der Waals surface area contributed by atoms with Gasteiger partial charge in [0.15, 0.2) is 0 Å². The number of amides is 2. The minimum absolute atomic E-state index is 0.0929. The lowest BCUT2D eigenvalue weighted by Gasteiger charge is -2.13. The summed E-state index contributed by atoms with van der Waals surface area (Å²) in [6.07, 6.45) is 1.74. The average molecular weight is 582 g/mol. The maximum Gasteiger partial charge on any atom is 0.240 e. The molecule has 0 spiro atoms. The Morgan fingerprint density at radius 3 is 1.63 bits per heavy atom. The van der Waals surface area contributed by atoms with Gasteiger partial charge >= 0.3 is 0 Å². The molecule has 4 aromatic carbocycles. The summed E-state index contributed by atoms with van der Waals surface area (Å²) in [7, 11) is 0. The molecule has 4 aromatic rings. The first kappa shape index (κ1) is 29.1. The molecule has 0 fully saturated rings. The molecule has 0 saturated heterocycles. The van der Waals surface area contributed by atoms with E-state index >= 15 is 0 Å². The summed E-state index contributed by atoms with van der Waals surface area (Å²) in [6, 6.07) is 21.7. The van der Waals surface area contributed by atoms with E-state index in [9.17, 15) is 23.5 Å². The molecule has 0 aliphatic carbocycles. The number of rotatable bonds is 4. The number of anilines is 1. The Balaban J connectivity index is 0.000000171. The quantitative estimate of drug-likeness (QED) is 0.227. The molecular weight excluding hydrogens is 552 g/mol. The zero-order valence-corrected chi connectivity index (χ0v) is 23.3. The first-order valence-corrected chi connectivity index (χ1v) is 13.6. The highest BCUT2D eigenvalue weighted by Crippen LogP contribution is 2.28. The number of nitrogens with zero attached hydrogens (tertiary/aromatic N) is 2. The van der Waals surface area contributed by atoms with E-state index < -0.39 is 5.82 Å². The maximum absolute atomic E-state index is 14.4. The molecule has 6 rings (SSSR count). The molecule has 0 aromatic heterocycles. The molecule has 0 bridgehead atoms. The lowest BCUT2D eigenvalue weighted by Crippen LogP contribution is -2.25. The predicted octanol–water partition coefficient (Wildman–Crippen LogP) is 5.81. The van der Waals surface area contributed by atoms with Gasteiger partial charge in [0.2, 0.25) is 11.8 Å². The smallest absolute Gasteiger partial charge is 0.240 e. The first-order chi connectivity index (χ1) is 20.7. The topological polar surface area (TPSA) is 129 Å². The van der Waals surface area contributed by atoms with Crippen LogP contribution in [0.15, 0.2) is 89.1 Å². The molecule has 2 heterocycles. The summed E-state index contributed by atoms with van der Waals surface area (Å²) in [6.45, 7) is 1.91. The van der Waals surface area contributed by atoms with Crippen molar-refractivity contribution in [3.05, 3.63) is 107 Å². The molecule has 2 amide bonds. The van der Waals surface area contributed by atoms with Crippen molar-refractivity contribution >= 4 is 28.9 Å². The van der Waals surface area contributed by atoms with Crippen LogP contribution in [-0.4, -0.2) is 28.3 Å². The van der Waals surface area contributed by atoms with Crippen LogP contribution in [0.1, 0.15) is 42.4 Å². The lowest BCUT2D eigenvalue weighted by molar-refractivity contribution is -0.122. The number of aromatic hydroxyl groups is 1. The zero-order chi connectivity index (χ0) is 30.5. The fourth-order valence-corrected chi connectivity index (χ4v) is 4.70. The van der Waals surface area contributed by atoms with Crippen molar-refractivity contribution in [2.75, 3.05) is 5.73 Å². The summed E-state index contributed by atoms with van der Waals surface area (Å²) in [5, 5.41) is 17.4. The van der Waals surface area contributed by atoms with Crippen LogP contribution in [0.25, 0.3) is 22.3 Å². The van der Waals surface area contributed by atoms with Crippen molar-refractivity contribution in [2.24, 2.45) is 10.2 Å². The van der Waals surface area contributed by atoms with Gasteiger partial charge in [-0.15, -0.1) is 0 Å². The third-order valence-corrected chi connectivity index (χ3v) is 7.16. The van der Waals surface area contributed by atoms with Gasteiger partial charge in [-0.1, -0.05) is 48.5 Å². The van der Waals surface area contributed by atoms with Crippen LogP contribution >= 0.6 is 0 Å². The van der Waals surface area contributed by atoms with Crippen LogP contribution in [0.2, 0.25) is 0 Å². The number of hydrogen-bond donors (Lipinski definition) is 4. The van der Waals surface area contributed by atoms with E-state index in [1.54, 1.807) is 36.4 Å². The fourth-order valence-electron chi connectivity index (χ4n) is 4.70. The first-order valence-electron chi connectivity index (χ1n) is 13.6. The van der Waals surface area contributed by atoms with Gasteiger partial charge in [0.25, 0.3) is 0 Å². The summed E-state index contributed by atoms with van der Waals surface area (Å²) in [5.74, 6) is -0.875. The molecule has 0 radical (unpaired) electrons. The molecular formula is C33H29F2N5O3. The Hall–Kier alpha value is -5.38. The summed E-state index contributed by atoms with van der Waals surface area (Å²) >= 11 is 0. The number of phenolic OH excluding ortho intramolecular Hbond substituents is 1. The van der Waals surface area contributed by atoms with E-state index in [1.165, 1.54) is 24.3 Å². The second kappa shape index (κ2) is 12.6. The van der Waals surface area contributed by atoms with Gasteiger partial charge in [-0.05, 0) is 53.9 Å². The molecule has 0 atom stereocenters. The molecule has 218 valence electrons. The minimum Gasteiger partial charge on any atom is -0.508 e. The van der Waals surface area contributed by atoms with E-state index in [2.05, 4.69) is 21.1 Å². The predicted molar refractivity (Wildman–Crippen MR) is 162 cm³/mol. The van der Waals surface area contributed by atoms with E-state index in [4.69, 9.17) is 5.73 Å². The second-order valence-corrected chi connectivity index (χ2v) is 10.2. The van der Waals surface area contributed by atoms with Crippen molar-refractivity contribution in [1.82, 2.24) is 10.9 Å². The Bertz CT molecular complexity index is 1780. The number of benzene rings is 4. The molecule has 2 aliphatic heterocycles. The van der Waals surface area contributed by atoms with Crippen molar-refractivity contribution in [1.29, 1.82) is 0 Å². The van der Waals surface area contributed by atoms with Gasteiger partial charge in [0.1, 0.15) is 17.4 Å². The third-order valence-electron chi connectivity index (χ3n) is 7.16. The highest BCUT2D eigenvalue weighted by Gasteiger charge is 2.17. The Kier molecular flexibility index (Phi) is 8.56. The average Bonchev–Trinajstić information content (AvgIpc) is 3.00. The van der Waals surface area contributed by atoms with Gasteiger partial charge in [-0.2, -0.15) is 10.2 Å². The van der Waals surface area contributed by atoms with Gasteiger partial charge < -0.3 is 10.8 Å². The van der Waals surface area contributed by atoms with Crippen molar-refractivity contribution < 1.29 is 23.5 Å². The molecule has 8 nitrogen and oxygen atoms in total. The number of nitrogens with two attached hydrogens (primary N) is 1. The highest BCUT2D eigenvalue weighted by atomic mass is 19.1. The summed E-state index contributed by atoms with van der Waals surface area (Å²) in [4.78, 5) is 22.2. The zero-order valence-electron chi connectivity index (χ0n) is 23.3. The van der Waals surface area contributed by atoms with E-state index in [1.807, 2.05) is 25.1 Å². The van der Waals surface area contributed by atoms with E-state index in [0.29, 0.717) is 70.6 Å². The van der Waals surface area contributed by atoms with Crippen LogP contribution in [-0.2, 0) is 9.59 Å². The Morgan fingerprint density at radius 2 is 1.19 bits per heavy atom. The number of nitrogen functional groups attached to an aromatic ring is 1. The largest absolute Gasteiger partial charge is 0.508 e. The van der Waals surface area contributed by atoms with E-state index in [-0.39, 0.29) is 23.4 Å². The summed E-state index contributed by atoms with van der Waals surface area (Å²) in [5.41, 5.74) is 17.3. The molecule has 5 N–H and O–H groups in total. The molecule has 0 unspecified atom stereocenters. The number of carbonyl (C=O) groups excluding carboxylic acids is 2. The van der Waals surface area contributed by atoms with Gasteiger partial charge in [-0.3, -0.25) is 9.59 Å². The minimum atomic E-state index is -0.391. The van der Waals surface area contributed by atoms with Gasteiger partial charge in [-0.25, -0.2) is 19.6 Å². The number of halogens is 2. The Labute approximate surface area is 247 Å². The number of aryl methyl sites for hydroxylation is 1. The number of nitrogens with one attached hydrogen (secondary N) is 2. The van der Waals surface area contributed by atoms with Crippen LogP contribution in [0.4, 0.5) is 14.5 Å². The third kappa shape index (κ3) is 6.92. The maximum atomic E-state index is 14.4. The Morgan fingerprint density at radius 1 is 0.674 bits per heavy atom. The molecule has 0 saturated carbocycles. The molecule has 2 aliphatic rings. The molecule has 10 heteroatoms. The normalized spacial score (nSPS) is 14.5. The van der Waals surface area contributed by atoms with Crippen LogP contribution in [0.3, 0.4) is 0 Å². The van der Waals surface area contributed by atoms with Crippen LogP contribution in [0.5, 0.6) is 5.75 Å². The van der Waals surface area contributed by atoms with Gasteiger partial charge in [0, 0.05) is 53.6 Å². The van der Waals surface area contributed by atoms with Gasteiger partial charge in [0.05, 0.1) is 11.4 Å². The number of carbonyl (C=O) groups is 2. The second-order valence-electron chi connectivity index (χ2n) is 10.2. The summed E-state index contributed by atoms with van der Waals surface area (Å²) < 4.78 is 28.7. The monoisotopic (exact) mass is 581 g/mol. The SMILES string of the molecule is Cc1ccc(-c2ccc(C3=NNC(=O)CC3)cc2F)cc1N.O=C1CCC(c2ccc(-c3cccc(O)c3)c(F)c2)=NN1. The number of phenols is 1. The van der Waals surface area contributed by atoms with Crippen molar-refractivity contribution in [3.63, 3.8) is 0 Å².